The van der Waals surface area contributed by atoms with Crippen LogP contribution in [-0.4, -0.2) is 28.8 Å². The van der Waals surface area contributed by atoms with Crippen LogP contribution in [0.1, 0.15) is 35.0 Å². The van der Waals surface area contributed by atoms with Crippen LogP contribution in [0.3, 0.4) is 0 Å². The van der Waals surface area contributed by atoms with Crippen molar-refractivity contribution in [3.63, 3.8) is 0 Å². The first kappa shape index (κ1) is 19.0. The van der Waals surface area contributed by atoms with Gasteiger partial charge in [0.2, 0.25) is 0 Å². The van der Waals surface area contributed by atoms with Gasteiger partial charge in [0, 0.05) is 25.8 Å². The van der Waals surface area contributed by atoms with Gasteiger partial charge in [0.15, 0.2) is 5.96 Å². The zero-order valence-electron chi connectivity index (χ0n) is 15.8. The van der Waals surface area contributed by atoms with E-state index in [4.69, 9.17) is 0 Å². The highest BCUT2D eigenvalue weighted by Gasteiger charge is 2.09. The smallest absolute Gasteiger partial charge is 0.191 e. The van der Waals surface area contributed by atoms with E-state index in [0.29, 0.717) is 12.1 Å². The molecule has 1 aromatic heterocycles. The lowest BCUT2D eigenvalue weighted by molar-refractivity contribution is 0.616. The van der Waals surface area contributed by atoms with E-state index in [9.17, 15) is 4.39 Å². The SMILES string of the molecule is CCNC(=NCc1ccc(C)c(F)c1)NCCc1c(C)nn(C)c1C. The maximum Gasteiger partial charge on any atom is 0.191 e. The van der Waals surface area contributed by atoms with Gasteiger partial charge in [-0.1, -0.05) is 12.1 Å². The Kier molecular flexibility index (Phi) is 6.56. The van der Waals surface area contributed by atoms with Crippen molar-refractivity contribution in [1.82, 2.24) is 20.4 Å². The molecule has 0 saturated heterocycles. The lowest BCUT2D eigenvalue weighted by atomic mass is 10.1. The second-order valence-corrected chi connectivity index (χ2v) is 6.23. The minimum absolute atomic E-state index is 0.187. The Hall–Kier alpha value is -2.37. The normalized spacial score (nSPS) is 11.7. The number of hydrogen-bond donors (Lipinski definition) is 2. The molecule has 0 radical (unpaired) electrons. The van der Waals surface area contributed by atoms with Gasteiger partial charge in [-0.25, -0.2) is 9.38 Å². The van der Waals surface area contributed by atoms with Crippen molar-refractivity contribution < 1.29 is 4.39 Å². The first-order valence-electron chi connectivity index (χ1n) is 8.68. The van der Waals surface area contributed by atoms with Gasteiger partial charge >= 0.3 is 0 Å². The Labute approximate surface area is 149 Å². The topological polar surface area (TPSA) is 54.2 Å². The van der Waals surface area contributed by atoms with Crippen LogP contribution in [0.25, 0.3) is 0 Å². The maximum atomic E-state index is 13.6. The molecule has 6 heteroatoms. The zero-order chi connectivity index (χ0) is 18.4. The van der Waals surface area contributed by atoms with Gasteiger partial charge < -0.3 is 10.6 Å². The molecule has 136 valence electrons. The van der Waals surface area contributed by atoms with Crippen LogP contribution in [0.2, 0.25) is 0 Å². The number of nitrogens with zero attached hydrogens (tertiary/aromatic N) is 3. The number of rotatable bonds is 6. The van der Waals surface area contributed by atoms with Crippen LogP contribution in [0.5, 0.6) is 0 Å². The Bertz CT molecular complexity index is 749. The van der Waals surface area contributed by atoms with Crippen LogP contribution in [-0.2, 0) is 20.0 Å². The van der Waals surface area contributed by atoms with Crippen LogP contribution >= 0.6 is 0 Å². The Balaban J connectivity index is 1.96. The molecule has 2 N–H and O–H groups in total. The minimum atomic E-state index is -0.187. The van der Waals surface area contributed by atoms with E-state index in [2.05, 4.69) is 27.6 Å². The number of hydrogen-bond acceptors (Lipinski definition) is 2. The molecule has 0 atom stereocenters. The van der Waals surface area contributed by atoms with E-state index >= 15 is 0 Å². The average Bonchev–Trinajstić information content (AvgIpc) is 2.81. The fourth-order valence-corrected chi connectivity index (χ4v) is 2.73. The summed E-state index contributed by atoms with van der Waals surface area (Å²) in [5.41, 5.74) is 5.04. The zero-order valence-corrected chi connectivity index (χ0v) is 15.8. The van der Waals surface area contributed by atoms with Crippen molar-refractivity contribution in [2.45, 2.75) is 40.7 Å². The molecule has 0 aliphatic rings. The predicted octanol–water partition coefficient (Wildman–Crippen LogP) is 2.78. The van der Waals surface area contributed by atoms with E-state index in [0.717, 1.165) is 36.7 Å². The molecule has 2 rings (SSSR count). The second kappa shape index (κ2) is 8.65. The van der Waals surface area contributed by atoms with Gasteiger partial charge in [-0.05, 0) is 56.9 Å². The highest BCUT2D eigenvalue weighted by Crippen LogP contribution is 2.12. The summed E-state index contributed by atoms with van der Waals surface area (Å²) in [4.78, 5) is 4.54. The van der Waals surface area contributed by atoms with Crippen molar-refractivity contribution in [3.05, 3.63) is 52.1 Å². The van der Waals surface area contributed by atoms with E-state index in [1.165, 1.54) is 11.3 Å². The molecule has 0 saturated carbocycles. The summed E-state index contributed by atoms with van der Waals surface area (Å²) in [5.74, 6) is 0.552. The molecule has 25 heavy (non-hydrogen) atoms. The van der Waals surface area contributed by atoms with E-state index < -0.39 is 0 Å². The molecule has 0 spiro atoms. The molecular weight excluding hydrogens is 317 g/mol. The molecule has 0 unspecified atom stereocenters. The molecule has 5 nitrogen and oxygen atoms in total. The van der Waals surface area contributed by atoms with Crippen molar-refractivity contribution >= 4 is 5.96 Å². The summed E-state index contributed by atoms with van der Waals surface area (Å²) in [5, 5.41) is 11.0. The fourth-order valence-electron chi connectivity index (χ4n) is 2.73. The molecule has 1 aromatic carbocycles. The monoisotopic (exact) mass is 345 g/mol. The number of benzene rings is 1. The first-order valence-corrected chi connectivity index (χ1v) is 8.68. The van der Waals surface area contributed by atoms with Crippen LogP contribution in [0, 0.1) is 26.6 Å². The Morgan fingerprint density at radius 2 is 2.00 bits per heavy atom. The summed E-state index contributed by atoms with van der Waals surface area (Å²) < 4.78 is 15.5. The van der Waals surface area contributed by atoms with Crippen molar-refractivity contribution in [2.24, 2.45) is 12.0 Å². The molecule has 0 amide bonds. The summed E-state index contributed by atoms with van der Waals surface area (Å²) in [7, 11) is 1.96. The Morgan fingerprint density at radius 3 is 2.60 bits per heavy atom. The van der Waals surface area contributed by atoms with Gasteiger partial charge in [0.05, 0.1) is 12.2 Å². The average molecular weight is 345 g/mol. The summed E-state index contributed by atoms with van der Waals surface area (Å²) in [6, 6.07) is 5.24. The molecule has 0 aliphatic carbocycles. The summed E-state index contributed by atoms with van der Waals surface area (Å²) in [6.45, 7) is 9.89. The third-order valence-electron chi connectivity index (χ3n) is 4.33. The van der Waals surface area contributed by atoms with Crippen LogP contribution in [0.4, 0.5) is 4.39 Å². The standard InChI is InChI=1S/C19H28FN5/c1-6-21-19(23-12-16-8-7-13(2)18(20)11-16)22-10-9-17-14(3)24-25(5)15(17)4/h7-8,11H,6,9-10,12H2,1-5H3,(H2,21,22,23). The van der Waals surface area contributed by atoms with Crippen LogP contribution in [0.15, 0.2) is 23.2 Å². The number of halogens is 1. The van der Waals surface area contributed by atoms with Gasteiger partial charge in [-0.15, -0.1) is 0 Å². The van der Waals surface area contributed by atoms with Gasteiger partial charge in [0.1, 0.15) is 5.82 Å². The van der Waals surface area contributed by atoms with Crippen molar-refractivity contribution in [3.8, 4) is 0 Å². The highest BCUT2D eigenvalue weighted by atomic mass is 19.1. The fraction of sp³-hybridized carbons (Fsp3) is 0.474. The second-order valence-electron chi connectivity index (χ2n) is 6.23. The lowest BCUT2D eigenvalue weighted by Crippen LogP contribution is -2.38. The third-order valence-corrected chi connectivity index (χ3v) is 4.33. The number of aromatic nitrogens is 2. The van der Waals surface area contributed by atoms with Crippen molar-refractivity contribution in [1.29, 1.82) is 0 Å². The summed E-state index contributed by atoms with van der Waals surface area (Å²) in [6.07, 6.45) is 0.884. The van der Waals surface area contributed by atoms with Gasteiger partial charge in [-0.2, -0.15) is 5.10 Å². The first-order chi connectivity index (χ1) is 11.9. The van der Waals surface area contributed by atoms with E-state index in [1.807, 2.05) is 31.6 Å². The molecule has 0 aliphatic heterocycles. The lowest BCUT2D eigenvalue weighted by Gasteiger charge is -2.11. The molecule has 0 fully saturated rings. The summed E-state index contributed by atoms with van der Waals surface area (Å²) >= 11 is 0. The molecule has 1 heterocycles. The third kappa shape index (κ3) is 5.05. The molecular formula is C19H28FN5. The number of aryl methyl sites for hydroxylation is 3. The van der Waals surface area contributed by atoms with Crippen LogP contribution < -0.4 is 10.6 Å². The van der Waals surface area contributed by atoms with Gasteiger partial charge in [0.25, 0.3) is 0 Å². The van der Waals surface area contributed by atoms with E-state index in [-0.39, 0.29) is 5.82 Å². The Morgan fingerprint density at radius 1 is 1.24 bits per heavy atom. The number of nitrogens with one attached hydrogen (secondary N) is 2. The predicted molar refractivity (Wildman–Crippen MR) is 100 cm³/mol. The molecule has 2 aromatic rings. The highest BCUT2D eigenvalue weighted by molar-refractivity contribution is 5.79. The number of aliphatic imine (C=N–C) groups is 1. The van der Waals surface area contributed by atoms with Gasteiger partial charge in [-0.3, -0.25) is 4.68 Å². The number of guanidine groups is 1. The largest absolute Gasteiger partial charge is 0.357 e. The molecule has 0 bridgehead atoms. The van der Waals surface area contributed by atoms with Crippen molar-refractivity contribution in [2.75, 3.05) is 13.1 Å². The minimum Gasteiger partial charge on any atom is -0.357 e. The maximum absolute atomic E-state index is 13.6. The quantitative estimate of drug-likeness (QED) is 0.625. The van der Waals surface area contributed by atoms with E-state index in [1.54, 1.807) is 19.1 Å².